The molecule has 1 aromatic rings. The van der Waals surface area contributed by atoms with E-state index in [1.54, 1.807) is 0 Å². The minimum Gasteiger partial charge on any atom is -0.385 e. The number of ether oxygens (including phenoxy) is 2. The molecule has 3 rings (SSSR count). The highest BCUT2D eigenvalue weighted by atomic mass is 16.6. The third-order valence-corrected chi connectivity index (χ3v) is 3.25. The first-order valence-electron chi connectivity index (χ1n) is 5.77. The lowest BCUT2D eigenvalue weighted by atomic mass is 9.85. The van der Waals surface area contributed by atoms with E-state index in [2.05, 4.69) is 0 Å². The van der Waals surface area contributed by atoms with E-state index in [-0.39, 0.29) is 12.2 Å². The van der Waals surface area contributed by atoms with Crippen molar-refractivity contribution in [2.24, 2.45) is 0 Å². The van der Waals surface area contributed by atoms with Gasteiger partial charge in [-0.25, -0.2) is 0 Å². The van der Waals surface area contributed by atoms with Crippen molar-refractivity contribution in [3.8, 4) is 0 Å². The van der Waals surface area contributed by atoms with Crippen molar-refractivity contribution in [3.63, 3.8) is 0 Å². The van der Waals surface area contributed by atoms with Crippen LogP contribution in [0.4, 0.5) is 0 Å². The van der Waals surface area contributed by atoms with E-state index >= 15 is 0 Å². The summed E-state index contributed by atoms with van der Waals surface area (Å²) in [7, 11) is 0. The Hall–Kier alpha value is -0.900. The maximum atomic E-state index is 10.7. The summed E-state index contributed by atoms with van der Waals surface area (Å²) in [5.74, 6) is 0. The standard InChI is InChI=1S/C13H16O3/c14-13(6-11-8-15-11,7-12-9-16-12)10-4-2-1-3-5-10/h1-5,11-12,14H,6-9H2. The van der Waals surface area contributed by atoms with E-state index < -0.39 is 5.60 Å². The average Bonchev–Trinajstić information content (AvgIpc) is 3.17. The summed E-state index contributed by atoms with van der Waals surface area (Å²) in [5.41, 5.74) is 0.185. The molecule has 0 aliphatic carbocycles. The average molecular weight is 220 g/mol. The van der Waals surface area contributed by atoms with E-state index in [0.717, 1.165) is 18.8 Å². The molecule has 86 valence electrons. The Bertz CT molecular complexity index is 341. The van der Waals surface area contributed by atoms with Crippen LogP contribution < -0.4 is 0 Å². The molecule has 2 unspecified atom stereocenters. The third-order valence-electron chi connectivity index (χ3n) is 3.25. The maximum Gasteiger partial charge on any atom is 0.0947 e. The van der Waals surface area contributed by atoms with Gasteiger partial charge in [0.1, 0.15) is 0 Å². The molecule has 0 saturated carbocycles. The number of hydrogen-bond acceptors (Lipinski definition) is 3. The molecule has 3 nitrogen and oxygen atoms in total. The van der Waals surface area contributed by atoms with Gasteiger partial charge in [-0.05, 0) is 5.56 Å². The van der Waals surface area contributed by atoms with Crippen LogP contribution in [0.15, 0.2) is 30.3 Å². The minimum absolute atomic E-state index is 0.226. The normalized spacial score (nSPS) is 30.8. The first-order chi connectivity index (χ1) is 7.76. The third kappa shape index (κ3) is 2.26. The summed E-state index contributed by atoms with van der Waals surface area (Å²) in [4.78, 5) is 0. The second kappa shape index (κ2) is 3.84. The zero-order valence-corrected chi connectivity index (χ0v) is 9.13. The topological polar surface area (TPSA) is 45.3 Å². The van der Waals surface area contributed by atoms with Crippen LogP contribution >= 0.6 is 0 Å². The maximum absolute atomic E-state index is 10.7. The molecular weight excluding hydrogens is 204 g/mol. The quantitative estimate of drug-likeness (QED) is 0.764. The van der Waals surface area contributed by atoms with Crippen molar-refractivity contribution in [2.75, 3.05) is 13.2 Å². The predicted octanol–water partition coefficient (Wildman–Crippen LogP) is 1.45. The predicted molar refractivity (Wildman–Crippen MR) is 59.1 cm³/mol. The zero-order valence-electron chi connectivity index (χ0n) is 9.13. The van der Waals surface area contributed by atoms with Crippen molar-refractivity contribution < 1.29 is 14.6 Å². The molecule has 0 aromatic heterocycles. The molecule has 0 spiro atoms. The number of benzene rings is 1. The summed E-state index contributed by atoms with van der Waals surface area (Å²) in [5, 5.41) is 10.7. The van der Waals surface area contributed by atoms with Gasteiger partial charge in [-0.2, -0.15) is 0 Å². The largest absolute Gasteiger partial charge is 0.385 e. The Labute approximate surface area is 95.0 Å². The van der Waals surface area contributed by atoms with E-state index in [9.17, 15) is 5.11 Å². The van der Waals surface area contributed by atoms with Crippen LogP contribution in [0.2, 0.25) is 0 Å². The van der Waals surface area contributed by atoms with Crippen molar-refractivity contribution in [3.05, 3.63) is 35.9 Å². The fourth-order valence-corrected chi connectivity index (χ4v) is 2.19. The van der Waals surface area contributed by atoms with Crippen molar-refractivity contribution in [1.82, 2.24) is 0 Å². The molecule has 2 aliphatic heterocycles. The molecule has 2 heterocycles. The molecule has 0 bridgehead atoms. The Kier molecular flexibility index (Phi) is 2.46. The summed E-state index contributed by atoms with van der Waals surface area (Å²) in [6, 6.07) is 9.84. The smallest absolute Gasteiger partial charge is 0.0947 e. The van der Waals surface area contributed by atoms with Crippen LogP contribution in [0.25, 0.3) is 0 Å². The molecule has 1 N–H and O–H groups in total. The molecule has 2 fully saturated rings. The lowest BCUT2D eigenvalue weighted by Crippen LogP contribution is -2.29. The van der Waals surface area contributed by atoms with Crippen molar-refractivity contribution >= 4 is 0 Å². The van der Waals surface area contributed by atoms with E-state index in [4.69, 9.17) is 9.47 Å². The van der Waals surface area contributed by atoms with E-state index in [0.29, 0.717) is 12.8 Å². The molecular formula is C13H16O3. The van der Waals surface area contributed by atoms with Crippen LogP contribution in [0.3, 0.4) is 0 Å². The minimum atomic E-state index is -0.788. The summed E-state index contributed by atoms with van der Waals surface area (Å²) in [6.07, 6.45) is 1.81. The molecule has 1 aromatic carbocycles. The first kappa shape index (κ1) is 10.3. The molecule has 0 radical (unpaired) electrons. The molecule has 2 saturated heterocycles. The summed E-state index contributed by atoms with van der Waals surface area (Å²) in [6.45, 7) is 1.56. The highest BCUT2D eigenvalue weighted by Crippen LogP contribution is 2.38. The molecule has 0 amide bonds. The molecule has 2 aliphatic rings. The van der Waals surface area contributed by atoms with Gasteiger partial charge in [-0.3, -0.25) is 0 Å². The highest BCUT2D eigenvalue weighted by molar-refractivity contribution is 5.23. The number of aliphatic hydroxyl groups is 1. The lowest BCUT2D eigenvalue weighted by molar-refractivity contribution is 0.00477. The first-order valence-corrected chi connectivity index (χ1v) is 5.77. The van der Waals surface area contributed by atoms with Crippen LogP contribution in [-0.2, 0) is 15.1 Å². The van der Waals surface area contributed by atoms with E-state index in [1.807, 2.05) is 30.3 Å². The van der Waals surface area contributed by atoms with Gasteiger partial charge < -0.3 is 14.6 Å². The van der Waals surface area contributed by atoms with Crippen molar-refractivity contribution in [1.29, 1.82) is 0 Å². The highest BCUT2D eigenvalue weighted by Gasteiger charge is 2.42. The number of epoxide rings is 2. The molecule has 3 heteroatoms. The summed E-state index contributed by atoms with van der Waals surface area (Å²) < 4.78 is 10.5. The molecule has 16 heavy (non-hydrogen) atoms. The Morgan fingerprint density at radius 1 is 1.06 bits per heavy atom. The van der Waals surface area contributed by atoms with Gasteiger partial charge in [-0.15, -0.1) is 0 Å². The van der Waals surface area contributed by atoms with Gasteiger partial charge in [0.05, 0.1) is 31.0 Å². The van der Waals surface area contributed by atoms with Crippen LogP contribution in [0.1, 0.15) is 18.4 Å². The van der Waals surface area contributed by atoms with Gasteiger partial charge in [-0.1, -0.05) is 30.3 Å². The number of rotatable bonds is 5. The van der Waals surface area contributed by atoms with Gasteiger partial charge in [0.15, 0.2) is 0 Å². The Balaban J connectivity index is 1.80. The van der Waals surface area contributed by atoms with Gasteiger partial charge in [0.2, 0.25) is 0 Å². The fraction of sp³-hybridized carbons (Fsp3) is 0.538. The van der Waals surface area contributed by atoms with Crippen LogP contribution in [0.5, 0.6) is 0 Å². The van der Waals surface area contributed by atoms with Crippen LogP contribution in [0, 0.1) is 0 Å². The van der Waals surface area contributed by atoms with E-state index in [1.165, 1.54) is 0 Å². The zero-order chi connectivity index (χ0) is 11.0. The monoisotopic (exact) mass is 220 g/mol. The van der Waals surface area contributed by atoms with Crippen LogP contribution in [-0.4, -0.2) is 30.5 Å². The summed E-state index contributed by atoms with van der Waals surface area (Å²) >= 11 is 0. The Morgan fingerprint density at radius 3 is 2.00 bits per heavy atom. The van der Waals surface area contributed by atoms with Crippen molar-refractivity contribution in [2.45, 2.75) is 30.7 Å². The fourth-order valence-electron chi connectivity index (χ4n) is 2.19. The lowest BCUT2D eigenvalue weighted by Gasteiger charge is -2.27. The van der Waals surface area contributed by atoms with Gasteiger partial charge >= 0.3 is 0 Å². The second-order valence-corrected chi connectivity index (χ2v) is 4.72. The van der Waals surface area contributed by atoms with Gasteiger partial charge in [0, 0.05) is 12.8 Å². The van der Waals surface area contributed by atoms with Gasteiger partial charge in [0.25, 0.3) is 0 Å². The number of hydrogen-bond donors (Lipinski definition) is 1. The Morgan fingerprint density at radius 2 is 1.56 bits per heavy atom. The SMILES string of the molecule is OC(CC1CO1)(CC1CO1)c1ccccc1. The second-order valence-electron chi connectivity index (χ2n) is 4.72. The molecule has 2 atom stereocenters.